The summed E-state index contributed by atoms with van der Waals surface area (Å²) in [5, 5.41) is -0.274. The van der Waals surface area contributed by atoms with Gasteiger partial charge in [-0.15, -0.1) is 0 Å². The summed E-state index contributed by atoms with van der Waals surface area (Å²) in [6.45, 7) is 9.19. The van der Waals surface area contributed by atoms with Crippen molar-refractivity contribution in [3.8, 4) is 11.5 Å². The van der Waals surface area contributed by atoms with E-state index in [0.717, 1.165) is 40.0 Å². The molecule has 3 rings (SSSR count). The molecule has 0 bridgehead atoms. The van der Waals surface area contributed by atoms with Crippen molar-refractivity contribution in [2.45, 2.75) is 33.6 Å². The van der Waals surface area contributed by atoms with Crippen molar-refractivity contribution in [1.82, 2.24) is 4.90 Å². The normalized spacial score (nSPS) is 15.4. The van der Waals surface area contributed by atoms with Gasteiger partial charge in [0, 0.05) is 0 Å². The molecule has 2 aromatic carbocycles. The molecule has 0 atom stereocenters. The van der Waals surface area contributed by atoms with Crippen LogP contribution in [-0.2, 0) is 4.79 Å². The largest absolute Gasteiger partial charge is 0.494 e. The number of amides is 2. The lowest BCUT2D eigenvalue weighted by molar-refractivity contribution is -0.123. The Morgan fingerprint density at radius 3 is 2.63 bits per heavy atom. The van der Waals surface area contributed by atoms with E-state index in [1.54, 1.807) is 6.08 Å². The maximum atomic E-state index is 12.7. The molecule has 0 N–H and O–H groups in total. The first-order valence-corrected chi connectivity index (χ1v) is 10.9. The summed E-state index contributed by atoms with van der Waals surface area (Å²) in [5.74, 6) is 1.58. The quantitative estimate of drug-likeness (QED) is 0.513. The zero-order chi connectivity index (χ0) is 21.7. The minimum Gasteiger partial charge on any atom is -0.494 e. The van der Waals surface area contributed by atoms with Crippen LogP contribution in [0, 0.1) is 6.92 Å². The number of thioether (sulfide) groups is 1. The van der Waals surface area contributed by atoms with Crippen LogP contribution < -0.4 is 9.47 Å². The number of hydrogen-bond donors (Lipinski definition) is 0. The fraction of sp³-hybridized carbons (Fsp3) is 0.333. The molecule has 0 radical (unpaired) electrons. The van der Waals surface area contributed by atoms with Crippen molar-refractivity contribution in [3.05, 3.63) is 64.1 Å². The SMILES string of the molecule is CCOc1cccc(/C=C2\SC(=O)N(CCOc3cc(C)ccc3C(C)C)C2=O)c1. The molecule has 0 aliphatic carbocycles. The van der Waals surface area contributed by atoms with Gasteiger partial charge in [-0.25, -0.2) is 0 Å². The maximum absolute atomic E-state index is 12.7. The number of ether oxygens (including phenoxy) is 2. The Hall–Kier alpha value is -2.73. The lowest BCUT2D eigenvalue weighted by Crippen LogP contribution is -2.32. The van der Waals surface area contributed by atoms with Gasteiger partial charge in [0.1, 0.15) is 18.1 Å². The van der Waals surface area contributed by atoms with E-state index < -0.39 is 0 Å². The zero-order valence-electron chi connectivity index (χ0n) is 17.8. The summed E-state index contributed by atoms with van der Waals surface area (Å²) in [7, 11) is 0. The number of nitrogens with zero attached hydrogens (tertiary/aromatic N) is 1. The minimum absolute atomic E-state index is 0.215. The Morgan fingerprint density at radius 2 is 1.90 bits per heavy atom. The number of hydrogen-bond acceptors (Lipinski definition) is 5. The van der Waals surface area contributed by atoms with E-state index in [-0.39, 0.29) is 24.3 Å². The van der Waals surface area contributed by atoms with Gasteiger partial charge in [-0.05, 0) is 72.5 Å². The maximum Gasteiger partial charge on any atom is 0.293 e. The van der Waals surface area contributed by atoms with Crippen molar-refractivity contribution < 1.29 is 19.1 Å². The summed E-state index contributed by atoms with van der Waals surface area (Å²) >= 11 is 0.955. The van der Waals surface area contributed by atoms with E-state index >= 15 is 0 Å². The third kappa shape index (κ3) is 5.25. The number of carbonyl (C=O) groups excluding carboxylic acids is 2. The Balaban J connectivity index is 1.66. The lowest BCUT2D eigenvalue weighted by Gasteiger charge is -2.17. The molecular weight excluding hydrogens is 398 g/mol. The van der Waals surface area contributed by atoms with Crippen molar-refractivity contribution in [1.29, 1.82) is 0 Å². The second-order valence-electron chi connectivity index (χ2n) is 7.38. The van der Waals surface area contributed by atoms with E-state index in [4.69, 9.17) is 9.47 Å². The Kier molecular flexibility index (Phi) is 7.21. The molecule has 158 valence electrons. The van der Waals surface area contributed by atoms with Crippen LogP contribution in [-0.4, -0.2) is 35.8 Å². The molecule has 1 heterocycles. The first-order valence-electron chi connectivity index (χ1n) is 10.1. The molecule has 1 aliphatic heterocycles. The second-order valence-corrected chi connectivity index (χ2v) is 8.38. The van der Waals surface area contributed by atoms with Gasteiger partial charge in [-0.3, -0.25) is 14.5 Å². The third-order valence-corrected chi connectivity index (χ3v) is 5.61. The van der Waals surface area contributed by atoms with E-state index in [1.807, 2.05) is 44.2 Å². The van der Waals surface area contributed by atoms with E-state index in [2.05, 4.69) is 26.0 Å². The molecular formula is C24H27NO4S. The molecule has 0 aromatic heterocycles. The first-order chi connectivity index (χ1) is 14.4. The summed E-state index contributed by atoms with van der Waals surface area (Å²) < 4.78 is 11.4. The van der Waals surface area contributed by atoms with E-state index in [0.29, 0.717) is 17.4 Å². The van der Waals surface area contributed by atoms with Crippen molar-refractivity contribution >= 4 is 29.0 Å². The molecule has 0 unspecified atom stereocenters. The molecule has 1 aliphatic rings. The van der Waals surface area contributed by atoms with Crippen LogP contribution in [0.15, 0.2) is 47.4 Å². The number of benzene rings is 2. The summed E-state index contributed by atoms with van der Waals surface area (Å²) in [6, 6.07) is 13.6. The molecule has 0 spiro atoms. The van der Waals surface area contributed by atoms with Gasteiger partial charge < -0.3 is 9.47 Å². The van der Waals surface area contributed by atoms with Crippen molar-refractivity contribution in [3.63, 3.8) is 0 Å². The molecule has 2 aromatic rings. The highest BCUT2D eigenvalue weighted by molar-refractivity contribution is 8.18. The standard InChI is InChI=1S/C24H27NO4S/c1-5-28-19-8-6-7-18(14-19)15-22-23(26)25(24(27)30-22)11-12-29-21-13-17(4)9-10-20(21)16(2)3/h6-10,13-16H,5,11-12H2,1-4H3/b22-15-. The highest BCUT2D eigenvalue weighted by Gasteiger charge is 2.34. The Morgan fingerprint density at radius 1 is 1.10 bits per heavy atom. The predicted octanol–water partition coefficient (Wildman–Crippen LogP) is 5.63. The monoisotopic (exact) mass is 425 g/mol. The molecule has 2 amide bonds. The van der Waals surface area contributed by atoms with Gasteiger partial charge in [-0.1, -0.05) is 38.1 Å². The fourth-order valence-electron chi connectivity index (χ4n) is 3.20. The number of carbonyl (C=O) groups is 2. The Bertz CT molecular complexity index is 967. The van der Waals surface area contributed by atoms with Crippen LogP contribution in [0.2, 0.25) is 0 Å². The van der Waals surface area contributed by atoms with Crippen LogP contribution in [0.5, 0.6) is 11.5 Å². The number of rotatable bonds is 8. The van der Waals surface area contributed by atoms with Gasteiger partial charge in [0.05, 0.1) is 18.1 Å². The zero-order valence-corrected chi connectivity index (χ0v) is 18.6. The summed E-state index contributed by atoms with van der Waals surface area (Å²) in [6.07, 6.45) is 1.73. The van der Waals surface area contributed by atoms with Crippen molar-refractivity contribution in [2.24, 2.45) is 0 Å². The molecule has 0 saturated carbocycles. The number of imide groups is 1. The average molecular weight is 426 g/mol. The molecule has 1 fully saturated rings. The third-order valence-electron chi connectivity index (χ3n) is 4.70. The van der Waals surface area contributed by atoms with Gasteiger partial charge in [0.25, 0.3) is 11.1 Å². The Labute approximate surface area is 182 Å². The highest BCUT2D eigenvalue weighted by atomic mass is 32.2. The summed E-state index contributed by atoms with van der Waals surface area (Å²) in [4.78, 5) is 26.8. The molecule has 6 heteroatoms. The van der Waals surface area contributed by atoms with Gasteiger partial charge in [0.2, 0.25) is 0 Å². The van der Waals surface area contributed by atoms with Crippen molar-refractivity contribution in [2.75, 3.05) is 19.8 Å². The second kappa shape index (κ2) is 9.85. The fourth-order valence-corrected chi connectivity index (χ4v) is 4.06. The van der Waals surface area contributed by atoms with Crippen LogP contribution in [0.4, 0.5) is 4.79 Å². The van der Waals surface area contributed by atoms with Crippen LogP contribution in [0.3, 0.4) is 0 Å². The van der Waals surface area contributed by atoms with Gasteiger partial charge in [0.15, 0.2) is 0 Å². The lowest BCUT2D eigenvalue weighted by atomic mass is 10.0. The number of aryl methyl sites for hydroxylation is 1. The topological polar surface area (TPSA) is 55.8 Å². The summed E-state index contributed by atoms with van der Waals surface area (Å²) in [5.41, 5.74) is 3.05. The molecule has 30 heavy (non-hydrogen) atoms. The highest BCUT2D eigenvalue weighted by Crippen LogP contribution is 2.33. The minimum atomic E-state index is -0.288. The van der Waals surface area contributed by atoms with E-state index in [9.17, 15) is 9.59 Å². The first kappa shape index (κ1) is 22.0. The van der Waals surface area contributed by atoms with Crippen LogP contribution in [0.1, 0.15) is 43.4 Å². The van der Waals surface area contributed by atoms with Gasteiger partial charge >= 0.3 is 0 Å². The predicted molar refractivity (Wildman–Crippen MR) is 121 cm³/mol. The molecule has 5 nitrogen and oxygen atoms in total. The average Bonchev–Trinajstić information content (AvgIpc) is 2.96. The molecule has 1 saturated heterocycles. The van der Waals surface area contributed by atoms with Crippen LogP contribution >= 0.6 is 11.8 Å². The van der Waals surface area contributed by atoms with E-state index in [1.165, 1.54) is 4.90 Å². The van der Waals surface area contributed by atoms with Crippen LogP contribution in [0.25, 0.3) is 6.08 Å². The smallest absolute Gasteiger partial charge is 0.293 e. The van der Waals surface area contributed by atoms with Gasteiger partial charge in [-0.2, -0.15) is 0 Å².